The first-order chi connectivity index (χ1) is 42.7. The minimum atomic E-state index is -3.21. The van der Waals surface area contributed by atoms with Crippen molar-refractivity contribution in [1.82, 2.24) is 29.1 Å². The predicted molar refractivity (Wildman–Crippen MR) is 298 cm³/mol. The van der Waals surface area contributed by atoms with Crippen molar-refractivity contribution in [2.75, 3.05) is 0 Å². The van der Waals surface area contributed by atoms with Crippen LogP contribution in [-0.2, 0) is 53.4 Å². The van der Waals surface area contributed by atoms with Gasteiger partial charge in [-0.25, -0.2) is 55.9 Å². The first kappa shape index (κ1) is 61.6. The lowest BCUT2D eigenvalue weighted by Crippen LogP contribution is -2.21. The molecule has 2 unspecified atom stereocenters. The van der Waals surface area contributed by atoms with Crippen LogP contribution >= 0.6 is 0 Å². The summed E-state index contributed by atoms with van der Waals surface area (Å²) >= 11 is 0. The monoisotopic (exact) mass is 1230 g/mol. The first-order valence-corrected chi connectivity index (χ1v) is 26.9. The van der Waals surface area contributed by atoms with Crippen LogP contribution in [0.3, 0.4) is 0 Å². The summed E-state index contributed by atoms with van der Waals surface area (Å²) in [5, 5.41) is 18.1. The second-order valence-electron chi connectivity index (χ2n) is 20.1. The number of imidazole rings is 2. The maximum absolute atomic E-state index is 16.1. The van der Waals surface area contributed by atoms with E-state index in [1.165, 1.54) is 120 Å². The Bertz CT molecular complexity index is 4170. The number of benzene rings is 6. The number of esters is 2. The van der Waals surface area contributed by atoms with E-state index in [1.54, 1.807) is 0 Å². The van der Waals surface area contributed by atoms with Gasteiger partial charge in [0.05, 0.1) is 93.1 Å². The van der Waals surface area contributed by atoms with E-state index in [-0.39, 0.29) is 139 Å². The van der Waals surface area contributed by atoms with E-state index >= 15 is 17.6 Å². The molecule has 4 aromatic heterocycles. The van der Waals surface area contributed by atoms with E-state index in [2.05, 4.69) is 19.9 Å². The summed E-state index contributed by atoms with van der Waals surface area (Å²) in [4.78, 5) is 45.2. The van der Waals surface area contributed by atoms with E-state index in [9.17, 15) is 35.9 Å². The van der Waals surface area contributed by atoms with Gasteiger partial charge in [0.2, 0.25) is 11.8 Å². The van der Waals surface area contributed by atoms with Crippen molar-refractivity contribution in [3.05, 3.63) is 225 Å². The van der Waals surface area contributed by atoms with Gasteiger partial charge in [0.15, 0.2) is 0 Å². The smallest absolute Gasteiger partial charge is 0.346 e. The molecule has 0 aliphatic carbocycles. The fourth-order valence-corrected chi connectivity index (χ4v) is 9.67. The van der Waals surface area contributed by atoms with Gasteiger partial charge < -0.3 is 32.8 Å². The van der Waals surface area contributed by atoms with Crippen LogP contribution in [-0.4, -0.2) is 66.4 Å². The SMILES string of the molecule is CC(Cn1c(Cc2cc(F)c(-c3cccc(OCc4ccc(C#N)cc4F)n3)cc2F)nc2ccc(C(=O)OC(=O)c3ccc4nc(Cc5cc(F)c(-c6cccc(OCc7ccc(C#N)cc7F)n6)cc5F)n(CC(C)OC(F)F)c4c3)cc21)OC(F)F. The minimum absolute atomic E-state index is 0.0198. The van der Waals surface area contributed by atoms with Crippen molar-refractivity contribution < 1.29 is 77.2 Å². The van der Waals surface area contributed by atoms with Crippen molar-refractivity contribution in [2.45, 2.75) is 78.4 Å². The largest absolute Gasteiger partial charge is 0.473 e. The van der Waals surface area contributed by atoms with Crippen LogP contribution in [0.2, 0.25) is 0 Å². The highest BCUT2D eigenvalue weighted by atomic mass is 19.3. The second kappa shape index (κ2) is 26.6. The number of carbonyl (C=O) groups is 2. The number of fused-ring (bicyclic) bond motifs is 2. The van der Waals surface area contributed by atoms with Crippen LogP contribution in [0.15, 0.2) is 133 Å². The molecule has 10 rings (SSSR count). The van der Waals surface area contributed by atoms with Crippen LogP contribution in [0.5, 0.6) is 11.8 Å². The number of alkyl halides is 4. The number of pyridine rings is 2. The number of ether oxygens (including phenoxy) is 5. The van der Waals surface area contributed by atoms with Gasteiger partial charge in [-0.2, -0.15) is 28.1 Å². The summed E-state index contributed by atoms with van der Waals surface area (Å²) in [6, 6.07) is 31.1. The van der Waals surface area contributed by atoms with Crippen LogP contribution in [0, 0.1) is 57.6 Å². The standard InChI is InChI=1S/C64H44F10N8O7/c1-33(87-63(71)72)29-81-55-21-37(13-15-53(55)77-57(81)23-41-19-49(69)43(25-47(41)67)51-5-3-7-59(79-51)85-31-39-11-9-35(27-75)17-45(39)65)61(83)89-62(84)38-14-16-54-56(22-38)82(30-34(2)88-64(73)74)58(78-54)24-42-20-50(70)44(26-48(42)68)52-6-4-8-60(80-52)86-32-40-12-10-36(28-76)18-46(40)66/h3-22,25-26,33-34,63-64H,23-24,29-32H2,1-2H3. The Hall–Kier alpha value is -10.5. The summed E-state index contributed by atoms with van der Waals surface area (Å²) in [6.45, 7) is -5.07. The Morgan fingerprint density at radius 1 is 0.483 bits per heavy atom. The highest BCUT2D eigenvalue weighted by molar-refractivity contribution is 6.05. The number of rotatable bonds is 22. The van der Waals surface area contributed by atoms with Gasteiger partial charge in [-0.3, -0.25) is 0 Å². The number of nitrogens with zero attached hydrogens (tertiary/aromatic N) is 8. The van der Waals surface area contributed by atoms with Crippen LogP contribution in [0.25, 0.3) is 44.6 Å². The van der Waals surface area contributed by atoms with Gasteiger partial charge in [0, 0.05) is 47.2 Å². The Morgan fingerprint density at radius 2 is 0.888 bits per heavy atom. The Kier molecular flexibility index (Phi) is 18.4. The number of carbonyl (C=O) groups excluding carboxylic acids is 2. The minimum Gasteiger partial charge on any atom is -0.473 e. The summed E-state index contributed by atoms with van der Waals surface area (Å²) in [7, 11) is 0. The molecule has 0 aliphatic heterocycles. The molecule has 6 aromatic carbocycles. The van der Waals surface area contributed by atoms with Crippen LogP contribution in [0.1, 0.15) is 79.6 Å². The number of nitriles is 2. The molecular weight excluding hydrogens is 1180 g/mol. The van der Waals surface area contributed by atoms with Gasteiger partial charge >= 0.3 is 25.2 Å². The molecular formula is C64H44F10N8O7. The zero-order valence-electron chi connectivity index (χ0n) is 46.5. The Morgan fingerprint density at radius 3 is 1.27 bits per heavy atom. The predicted octanol–water partition coefficient (Wildman–Crippen LogP) is 13.7. The lowest BCUT2D eigenvalue weighted by atomic mass is 10.0. The Labute approximate surface area is 498 Å². The number of hydrogen-bond acceptors (Lipinski definition) is 13. The molecule has 0 amide bonds. The van der Waals surface area contributed by atoms with Crippen molar-refractivity contribution >= 4 is 34.0 Å². The average molecular weight is 1230 g/mol. The molecule has 0 aliphatic rings. The quantitative estimate of drug-likeness (QED) is 0.0354. The zero-order chi connectivity index (χ0) is 63.2. The molecule has 0 saturated carbocycles. The molecule has 0 fully saturated rings. The fraction of sp³-hybridized carbons (Fsp3) is 0.188. The second-order valence-corrected chi connectivity index (χ2v) is 20.1. The van der Waals surface area contributed by atoms with E-state index < -0.39 is 85.1 Å². The Balaban J connectivity index is 0.875. The normalized spacial score (nSPS) is 12.1. The van der Waals surface area contributed by atoms with Crippen molar-refractivity contribution in [3.63, 3.8) is 0 Å². The van der Waals surface area contributed by atoms with Crippen molar-refractivity contribution in [1.29, 1.82) is 10.5 Å². The molecule has 0 saturated heterocycles. The van der Waals surface area contributed by atoms with Gasteiger partial charge in [-0.1, -0.05) is 24.3 Å². The molecule has 4 heterocycles. The topological polar surface area (TPSA) is 189 Å². The molecule has 10 aromatic rings. The molecule has 25 heteroatoms. The third kappa shape index (κ3) is 14.3. The first-order valence-electron chi connectivity index (χ1n) is 26.9. The number of hydrogen-bond donors (Lipinski definition) is 0. The van der Waals surface area contributed by atoms with E-state index in [1.807, 2.05) is 12.1 Å². The third-order valence-corrected chi connectivity index (χ3v) is 13.9. The van der Waals surface area contributed by atoms with E-state index in [4.69, 9.17) is 34.2 Å². The van der Waals surface area contributed by atoms with Crippen molar-refractivity contribution in [3.8, 4) is 46.4 Å². The van der Waals surface area contributed by atoms with Gasteiger partial charge in [0.25, 0.3) is 0 Å². The fourth-order valence-electron chi connectivity index (χ4n) is 9.67. The summed E-state index contributed by atoms with van der Waals surface area (Å²) < 4.78 is 176. The molecule has 89 heavy (non-hydrogen) atoms. The third-order valence-electron chi connectivity index (χ3n) is 13.9. The maximum Gasteiger partial charge on any atom is 0.346 e. The van der Waals surface area contributed by atoms with Gasteiger partial charge in [0.1, 0.15) is 59.8 Å². The lowest BCUT2D eigenvalue weighted by Gasteiger charge is -2.17. The van der Waals surface area contributed by atoms with E-state index in [0.29, 0.717) is 0 Å². The molecule has 0 N–H and O–H groups in total. The molecule has 0 bridgehead atoms. The van der Waals surface area contributed by atoms with E-state index in [0.717, 1.165) is 36.4 Å². The average Bonchev–Trinajstić information content (AvgIpc) is 2.12. The lowest BCUT2D eigenvalue weighted by molar-refractivity contribution is -0.161. The van der Waals surface area contributed by atoms with Gasteiger partial charge in [-0.05, 0) is 122 Å². The maximum atomic E-state index is 16.1. The molecule has 0 radical (unpaired) electrons. The number of halogens is 10. The van der Waals surface area contributed by atoms with Gasteiger partial charge in [-0.15, -0.1) is 0 Å². The zero-order valence-corrected chi connectivity index (χ0v) is 46.5. The van der Waals surface area contributed by atoms with Crippen LogP contribution in [0.4, 0.5) is 43.9 Å². The molecule has 15 nitrogen and oxygen atoms in total. The highest BCUT2D eigenvalue weighted by Crippen LogP contribution is 2.32. The summed E-state index contributed by atoms with van der Waals surface area (Å²) in [5.74, 6) is -7.54. The summed E-state index contributed by atoms with van der Waals surface area (Å²) in [6.07, 6.45) is -3.27. The molecule has 0 spiro atoms. The van der Waals surface area contributed by atoms with Crippen molar-refractivity contribution in [2.24, 2.45) is 0 Å². The highest BCUT2D eigenvalue weighted by Gasteiger charge is 2.26. The summed E-state index contributed by atoms with van der Waals surface area (Å²) in [5.41, 5.74) is -0.583. The van der Waals surface area contributed by atoms with Crippen LogP contribution < -0.4 is 9.47 Å². The molecule has 452 valence electrons. The number of aromatic nitrogens is 6. The molecule has 2 atom stereocenters.